The van der Waals surface area contributed by atoms with Crippen molar-refractivity contribution in [1.29, 1.82) is 5.26 Å². The maximum atomic E-state index is 12.4. The number of ketones is 1. The normalized spacial score (nSPS) is 14.0. The van der Waals surface area contributed by atoms with Gasteiger partial charge in [0, 0.05) is 25.8 Å². The second-order valence-electron chi connectivity index (χ2n) is 5.40. The van der Waals surface area contributed by atoms with Crippen LogP contribution in [0, 0.1) is 17.2 Å². The molecule has 0 fully saturated rings. The summed E-state index contributed by atoms with van der Waals surface area (Å²) in [5.74, 6) is -2.26. The van der Waals surface area contributed by atoms with Crippen LogP contribution in [-0.4, -0.2) is 32.0 Å². The second kappa shape index (κ2) is 7.71. The fourth-order valence-corrected chi connectivity index (χ4v) is 2.66. The number of carbonyl (C=O) groups is 2. The number of nitrogens with one attached hydrogen (secondary N) is 1. The van der Waals surface area contributed by atoms with Gasteiger partial charge in [-0.2, -0.15) is 5.26 Å². The molecule has 22 heavy (non-hydrogen) atoms. The zero-order valence-electron chi connectivity index (χ0n) is 12.7. The lowest BCUT2D eigenvalue weighted by Gasteiger charge is -2.10. The molecule has 1 amide bonds. The first-order chi connectivity index (χ1) is 10.7. The Hall–Kier alpha value is -2.19. The molecule has 0 aromatic heterocycles. The Morgan fingerprint density at radius 3 is 2.86 bits per heavy atom. The number of benzene rings is 1. The fourth-order valence-electron chi connectivity index (χ4n) is 2.66. The predicted molar refractivity (Wildman–Crippen MR) is 81.4 cm³/mol. The van der Waals surface area contributed by atoms with E-state index in [0.717, 1.165) is 24.8 Å². The molecule has 1 aromatic rings. The van der Waals surface area contributed by atoms with Crippen LogP contribution in [0.1, 0.15) is 34.3 Å². The molecule has 116 valence electrons. The molecule has 0 radical (unpaired) electrons. The Morgan fingerprint density at radius 1 is 1.36 bits per heavy atom. The zero-order chi connectivity index (χ0) is 15.9. The first kappa shape index (κ1) is 16.2. The smallest absolute Gasteiger partial charge is 0.245 e. The third kappa shape index (κ3) is 3.71. The van der Waals surface area contributed by atoms with Crippen LogP contribution in [0.25, 0.3) is 0 Å². The van der Waals surface area contributed by atoms with Gasteiger partial charge in [-0.25, -0.2) is 0 Å². The molecule has 5 heteroatoms. The molecular formula is C17H20N2O3. The summed E-state index contributed by atoms with van der Waals surface area (Å²) in [6, 6.07) is 7.29. The summed E-state index contributed by atoms with van der Waals surface area (Å²) >= 11 is 0. The number of fused-ring (bicyclic) bond motifs is 1. The van der Waals surface area contributed by atoms with Crippen LogP contribution in [0.4, 0.5) is 0 Å². The highest BCUT2D eigenvalue weighted by molar-refractivity contribution is 6.12. The van der Waals surface area contributed by atoms with Crippen LogP contribution in [0.5, 0.6) is 0 Å². The van der Waals surface area contributed by atoms with Crippen molar-refractivity contribution in [3.8, 4) is 6.07 Å². The van der Waals surface area contributed by atoms with Gasteiger partial charge in [-0.1, -0.05) is 12.1 Å². The number of nitriles is 1. The number of carbonyl (C=O) groups excluding carboxylic acids is 2. The SMILES string of the molecule is COCCCNC(=O)C(C#N)C(=O)c1ccc2c(c1)CCC2. The molecule has 0 saturated carbocycles. The van der Waals surface area contributed by atoms with Crippen LogP contribution in [0.3, 0.4) is 0 Å². The summed E-state index contributed by atoms with van der Waals surface area (Å²) in [6.07, 6.45) is 3.73. The minimum atomic E-state index is -1.29. The van der Waals surface area contributed by atoms with Gasteiger partial charge in [0.25, 0.3) is 0 Å². The van der Waals surface area contributed by atoms with Gasteiger partial charge in [0.1, 0.15) is 0 Å². The van der Waals surface area contributed by atoms with E-state index in [9.17, 15) is 9.59 Å². The van der Waals surface area contributed by atoms with E-state index in [1.54, 1.807) is 13.2 Å². The third-order valence-corrected chi connectivity index (χ3v) is 3.86. The van der Waals surface area contributed by atoms with E-state index in [2.05, 4.69) is 5.32 Å². The van der Waals surface area contributed by atoms with Crippen molar-refractivity contribution in [2.45, 2.75) is 25.7 Å². The van der Waals surface area contributed by atoms with E-state index in [-0.39, 0.29) is 0 Å². The molecule has 5 nitrogen and oxygen atoms in total. The summed E-state index contributed by atoms with van der Waals surface area (Å²) < 4.78 is 4.89. The first-order valence-corrected chi connectivity index (χ1v) is 7.49. The van der Waals surface area contributed by atoms with E-state index in [1.807, 2.05) is 18.2 Å². The van der Waals surface area contributed by atoms with Gasteiger partial charge in [0.2, 0.25) is 5.91 Å². The van der Waals surface area contributed by atoms with Gasteiger partial charge >= 0.3 is 0 Å². The molecule has 0 bridgehead atoms. The number of nitrogens with zero attached hydrogens (tertiary/aromatic N) is 1. The van der Waals surface area contributed by atoms with Crippen molar-refractivity contribution in [2.24, 2.45) is 5.92 Å². The maximum Gasteiger partial charge on any atom is 0.245 e. The molecule has 1 unspecified atom stereocenters. The van der Waals surface area contributed by atoms with Gasteiger partial charge in [0.05, 0.1) is 6.07 Å². The lowest BCUT2D eigenvalue weighted by molar-refractivity contribution is -0.122. The number of methoxy groups -OCH3 is 1. The van der Waals surface area contributed by atoms with E-state index in [4.69, 9.17) is 10.00 Å². The average Bonchev–Trinajstić information content (AvgIpc) is 2.99. The summed E-state index contributed by atoms with van der Waals surface area (Å²) in [5.41, 5.74) is 2.86. The number of ether oxygens (including phenoxy) is 1. The van der Waals surface area contributed by atoms with Gasteiger partial charge in [-0.15, -0.1) is 0 Å². The number of amides is 1. The van der Waals surface area contributed by atoms with Crippen molar-refractivity contribution in [3.05, 3.63) is 34.9 Å². The molecule has 0 spiro atoms. The Labute approximate surface area is 130 Å². The predicted octanol–water partition coefficient (Wildman–Crippen LogP) is 1.65. The molecule has 1 aliphatic rings. The van der Waals surface area contributed by atoms with E-state index in [1.165, 1.54) is 5.56 Å². The van der Waals surface area contributed by atoms with Crippen LogP contribution in [0.2, 0.25) is 0 Å². The molecule has 1 aliphatic carbocycles. The summed E-state index contributed by atoms with van der Waals surface area (Å²) in [6.45, 7) is 0.915. The highest BCUT2D eigenvalue weighted by Crippen LogP contribution is 2.24. The number of hydrogen-bond acceptors (Lipinski definition) is 4. The van der Waals surface area contributed by atoms with Gasteiger partial charge < -0.3 is 10.1 Å². The Balaban J connectivity index is 2.02. The molecular weight excluding hydrogens is 280 g/mol. The van der Waals surface area contributed by atoms with Crippen LogP contribution < -0.4 is 5.32 Å². The largest absolute Gasteiger partial charge is 0.385 e. The van der Waals surface area contributed by atoms with E-state index >= 15 is 0 Å². The highest BCUT2D eigenvalue weighted by Gasteiger charge is 2.28. The van der Waals surface area contributed by atoms with Crippen molar-refractivity contribution in [3.63, 3.8) is 0 Å². The summed E-state index contributed by atoms with van der Waals surface area (Å²) in [5, 5.41) is 11.8. The standard InChI is InChI=1S/C17H20N2O3/c1-22-9-3-8-19-17(21)15(11-18)16(20)14-7-6-12-4-2-5-13(12)10-14/h6-7,10,15H,2-5,8-9H2,1H3,(H,19,21). The monoisotopic (exact) mass is 300 g/mol. The molecule has 0 aliphatic heterocycles. The third-order valence-electron chi connectivity index (χ3n) is 3.86. The van der Waals surface area contributed by atoms with Gasteiger partial charge in [-0.3, -0.25) is 9.59 Å². The van der Waals surface area contributed by atoms with Gasteiger partial charge in [0.15, 0.2) is 11.7 Å². The van der Waals surface area contributed by atoms with Crippen molar-refractivity contribution < 1.29 is 14.3 Å². The molecule has 0 saturated heterocycles. The molecule has 1 atom stereocenters. The zero-order valence-corrected chi connectivity index (χ0v) is 12.7. The topological polar surface area (TPSA) is 79.2 Å². The number of rotatable bonds is 7. The van der Waals surface area contributed by atoms with E-state index in [0.29, 0.717) is 25.1 Å². The molecule has 1 aromatic carbocycles. The lowest BCUT2D eigenvalue weighted by Crippen LogP contribution is -2.35. The minimum Gasteiger partial charge on any atom is -0.385 e. The van der Waals surface area contributed by atoms with Crippen molar-refractivity contribution in [1.82, 2.24) is 5.32 Å². The Morgan fingerprint density at radius 2 is 2.14 bits per heavy atom. The van der Waals surface area contributed by atoms with Gasteiger partial charge in [-0.05, 0) is 42.9 Å². The number of Topliss-reactive ketones (excluding diaryl/α,β-unsaturated/α-hetero) is 1. The minimum absolute atomic E-state index is 0.391. The van der Waals surface area contributed by atoms with Crippen LogP contribution in [0.15, 0.2) is 18.2 Å². The average molecular weight is 300 g/mol. The number of hydrogen-bond donors (Lipinski definition) is 1. The summed E-state index contributed by atoms with van der Waals surface area (Å²) in [7, 11) is 1.58. The first-order valence-electron chi connectivity index (χ1n) is 7.49. The molecule has 0 heterocycles. The quantitative estimate of drug-likeness (QED) is 0.472. The second-order valence-corrected chi connectivity index (χ2v) is 5.40. The van der Waals surface area contributed by atoms with Crippen molar-refractivity contribution in [2.75, 3.05) is 20.3 Å². The van der Waals surface area contributed by atoms with Crippen LogP contribution in [-0.2, 0) is 22.4 Å². The Bertz CT molecular complexity index is 604. The van der Waals surface area contributed by atoms with Crippen LogP contribution >= 0.6 is 0 Å². The fraction of sp³-hybridized carbons (Fsp3) is 0.471. The molecule has 1 N–H and O–H groups in total. The number of aryl methyl sites for hydroxylation is 2. The highest BCUT2D eigenvalue weighted by atomic mass is 16.5. The molecule has 2 rings (SSSR count). The van der Waals surface area contributed by atoms with E-state index < -0.39 is 17.6 Å². The summed E-state index contributed by atoms with van der Waals surface area (Å²) in [4.78, 5) is 24.4. The lowest BCUT2D eigenvalue weighted by atomic mass is 9.95. The maximum absolute atomic E-state index is 12.4. The Kier molecular flexibility index (Phi) is 5.68. The van der Waals surface area contributed by atoms with Crippen molar-refractivity contribution >= 4 is 11.7 Å².